The van der Waals surface area contributed by atoms with Gasteiger partial charge in [0.15, 0.2) is 6.29 Å². The summed E-state index contributed by atoms with van der Waals surface area (Å²) in [6, 6.07) is 2.70. The Bertz CT molecular complexity index is 1470. The summed E-state index contributed by atoms with van der Waals surface area (Å²) in [5, 5.41) is 123. The molecule has 0 bridgehead atoms. The van der Waals surface area contributed by atoms with E-state index < -0.39 is 124 Å². The predicted molar refractivity (Wildman–Crippen MR) is 181 cm³/mol. The van der Waals surface area contributed by atoms with E-state index in [4.69, 9.17) is 28.4 Å². The average Bonchev–Trinajstić information content (AvgIpc) is 3.37. The van der Waals surface area contributed by atoms with Crippen molar-refractivity contribution in [3.63, 3.8) is 0 Å². The van der Waals surface area contributed by atoms with E-state index in [0.717, 1.165) is 5.57 Å². The number of hydrogen-bond donors (Lipinski definition) is 12. The molecule has 3 heterocycles. The van der Waals surface area contributed by atoms with Crippen molar-refractivity contribution in [1.82, 2.24) is 0 Å². The third-order valence-electron chi connectivity index (χ3n) is 9.18. The summed E-state index contributed by atoms with van der Waals surface area (Å²) in [4.78, 5) is 13.6. The molecule has 19 heteroatoms. The highest BCUT2D eigenvalue weighted by atomic mass is 16.8. The minimum absolute atomic E-state index is 0.0414. The number of benzene rings is 1. The zero-order chi connectivity index (χ0) is 40.3. The van der Waals surface area contributed by atoms with Gasteiger partial charge in [0.1, 0.15) is 86.1 Å². The van der Waals surface area contributed by atoms with Crippen LogP contribution in [-0.4, -0.2) is 185 Å². The summed E-state index contributed by atoms with van der Waals surface area (Å²) >= 11 is 0. The van der Waals surface area contributed by atoms with Crippen LogP contribution in [0.4, 0.5) is 0 Å². The summed E-state index contributed by atoms with van der Waals surface area (Å²) in [5.74, 6) is -3.37. The van der Waals surface area contributed by atoms with Gasteiger partial charge in [0.2, 0.25) is 12.1 Å². The highest BCUT2D eigenvalue weighted by molar-refractivity contribution is 5.91. The molecule has 0 saturated carbocycles. The van der Waals surface area contributed by atoms with Gasteiger partial charge in [-0.2, -0.15) is 0 Å². The molecule has 12 N–H and O–H groups in total. The molecule has 14 atom stereocenters. The van der Waals surface area contributed by atoms with Crippen LogP contribution in [0.2, 0.25) is 0 Å². The normalized spacial score (nSPS) is 37.4. The zero-order valence-corrected chi connectivity index (χ0v) is 30.2. The summed E-state index contributed by atoms with van der Waals surface area (Å²) in [6.07, 6.45) is -17.7. The van der Waals surface area contributed by atoms with Crippen LogP contribution in [0.5, 0.6) is 5.75 Å². The highest BCUT2D eigenvalue weighted by Gasteiger charge is 2.58. The van der Waals surface area contributed by atoms with Crippen molar-refractivity contribution in [2.24, 2.45) is 0 Å². The Morgan fingerprint density at radius 1 is 0.815 bits per heavy atom. The molecule has 3 aliphatic heterocycles. The number of carbonyl (C=O) groups excluding carboxylic acids is 1. The lowest BCUT2D eigenvalue weighted by atomic mass is 9.97. The van der Waals surface area contributed by atoms with E-state index >= 15 is 0 Å². The van der Waals surface area contributed by atoms with Crippen molar-refractivity contribution in [3.05, 3.63) is 46.5 Å². The van der Waals surface area contributed by atoms with Gasteiger partial charge in [-0.3, -0.25) is 0 Å². The molecule has 3 aliphatic rings. The Morgan fingerprint density at radius 2 is 1.41 bits per heavy atom. The summed E-state index contributed by atoms with van der Waals surface area (Å²) in [6.45, 7) is 3.27. The second kappa shape index (κ2) is 18.1. The maximum atomic E-state index is 13.6. The largest absolute Gasteiger partial charge is 0.461 e. The van der Waals surface area contributed by atoms with E-state index in [2.05, 4.69) is 0 Å². The maximum Gasteiger partial charge on any atom is 0.338 e. The van der Waals surface area contributed by atoms with Crippen LogP contribution in [0.1, 0.15) is 49.2 Å². The van der Waals surface area contributed by atoms with Gasteiger partial charge in [-0.05, 0) is 51.8 Å². The first-order valence-electron chi connectivity index (χ1n) is 17.3. The lowest BCUT2D eigenvalue weighted by Crippen LogP contribution is -2.62. The van der Waals surface area contributed by atoms with Gasteiger partial charge in [-0.15, -0.1) is 0 Å². The van der Waals surface area contributed by atoms with Crippen LogP contribution in [-0.2, 0) is 30.1 Å². The first-order chi connectivity index (χ1) is 25.3. The molecule has 1 aromatic rings. The molecule has 3 fully saturated rings. The van der Waals surface area contributed by atoms with Crippen LogP contribution in [0.25, 0.3) is 6.08 Å². The Kier molecular flexibility index (Phi) is 14.7. The Balaban J connectivity index is 1.63. The quantitative estimate of drug-likeness (QED) is 0.0632. The van der Waals surface area contributed by atoms with Gasteiger partial charge in [-0.1, -0.05) is 23.8 Å². The molecule has 0 spiro atoms. The fourth-order valence-corrected chi connectivity index (χ4v) is 6.00. The standard InChI is InChI=1S/C35H52O19/c1-15(2)5-6-16-9-18(10-17(7-8-34(3,4)48)29(16)52-32-27(44)25(42)22(39)19(11-36)50-32)31(47)49-13-21-23(40)26(43)28(45)33(51-21)54-35(14-38)30(46)24(41)20(12-37)53-35/h5,7-10,19-28,30,32-33,36-46,48H,6,11-14H2,1-4H3. The number of esters is 1. The first kappa shape index (κ1) is 44.0. The molecule has 14 unspecified atom stereocenters. The van der Waals surface area contributed by atoms with Crippen molar-refractivity contribution in [2.75, 3.05) is 26.4 Å². The molecule has 19 nitrogen and oxygen atoms in total. The number of allylic oxidation sites excluding steroid dienone is 2. The van der Waals surface area contributed by atoms with Crippen LogP contribution in [0, 0.1) is 0 Å². The molecule has 0 aliphatic carbocycles. The monoisotopic (exact) mass is 776 g/mol. The van der Waals surface area contributed by atoms with E-state index in [9.17, 15) is 66.1 Å². The minimum atomic E-state index is -2.42. The average molecular weight is 777 g/mol. The number of rotatable bonds is 14. The molecule has 0 aromatic heterocycles. The van der Waals surface area contributed by atoms with Crippen molar-refractivity contribution < 1.29 is 94.5 Å². The molecule has 4 rings (SSSR count). The van der Waals surface area contributed by atoms with Crippen LogP contribution in [0.15, 0.2) is 29.9 Å². The number of aliphatic hydroxyl groups is 12. The molecule has 54 heavy (non-hydrogen) atoms. The second-order valence-electron chi connectivity index (χ2n) is 14.3. The van der Waals surface area contributed by atoms with Gasteiger partial charge < -0.3 is 89.7 Å². The molecule has 0 radical (unpaired) electrons. The van der Waals surface area contributed by atoms with Crippen molar-refractivity contribution in [2.45, 2.75) is 125 Å². The zero-order valence-electron chi connectivity index (χ0n) is 30.2. The lowest BCUT2D eigenvalue weighted by molar-refractivity contribution is -0.383. The molecule has 306 valence electrons. The van der Waals surface area contributed by atoms with E-state index in [0.29, 0.717) is 5.56 Å². The van der Waals surface area contributed by atoms with Gasteiger partial charge in [0, 0.05) is 5.56 Å². The first-order valence-corrected chi connectivity index (χ1v) is 17.3. The predicted octanol–water partition coefficient (Wildman–Crippen LogP) is -4.06. The lowest BCUT2D eigenvalue weighted by Gasteiger charge is -2.43. The third-order valence-corrected chi connectivity index (χ3v) is 9.18. The topological polar surface area (TPSA) is 315 Å². The number of hydrogen-bond acceptors (Lipinski definition) is 19. The van der Waals surface area contributed by atoms with Crippen molar-refractivity contribution >= 4 is 12.0 Å². The van der Waals surface area contributed by atoms with E-state index in [1.54, 1.807) is 6.08 Å². The number of carbonyl (C=O) groups is 1. The van der Waals surface area contributed by atoms with Crippen LogP contribution >= 0.6 is 0 Å². The van der Waals surface area contributed by atoms with Gasteiger partial charge in [0.05, 0.1) is 24.4 Å². The Morgan fingerprint density at radius 3 is 1.96 bits per heavy atom. The number of aliphatic hydroxyl groups excluding tert-OH is 11. The van der Waals surface area contributed by atoms with Crippen LogP contribution < -0.4 is 4.74 Å². The molecule has 1 aromatic carbocycles. The Labute approximate surface area is 310 Å². The SMILES string of the molecule is CC(C)=CCc1cc(C(=O)OCC2OC(OC3(CO)OC(CO)C(O)C3O)C(O)C(O)C2O)cc(C=CC(C)(C)O)c1OC1OC(CO)C(O)C(O)C1O. The van der Waals surface area contributed by atoms with Gasteiger partial charge in [0.25, 0.3) is 0 Å². The van der Waals surface area contributed by atoms with E-state index in [-0.39, 0.29) is 23.3 Å². The molecule has 0 amide bonds. The molecular weight excluding hydrogens is 724 g/mol. The molecular formula is C35H52O19. The highest BCUT2D eigenvalue weighted by Crippen LogP contribution is 2.37. The van der Waals surface area contributed by atoms with E-state index in [1.165, 1.54) is 38.1 Å². The van der Waals surface area contributed by atoms with Gasteiger partial charge in [-0.25, -0.2) is 4.79 Å². The van der Waals surface area contributed by atoms with Crippen molar-refractivity contribution in [3.8, 4) is 5.75 Å². The van der Waals surface area contributed by atoms with Crippen LogP contribution in [0.3, 0.4) is 0 Å². The van der Waals surface area contributed by atoms with Gasteiger partial charge >= 0.3 is 5.97 Å². The summed E-state index contributed by atoms with van der Waals surface area (Å²) < 4.78 is 33.5. The number of ether oxygens (including phenoxy) is 6. The fraction of sp³-hybridized carbons (Fsp3) is 0.686. The second-order valence-corrected chi connectivity index (χ2v) is 14.3. The summed E-state index contributed by atoms with van der Waals surface area (Å²) in [7, 11) is 0. The third kappa shape index (κ3) is 9.82. The van der Waals surface area contributed by atoms with E-state index in [1.807, 2.05) is 13.8 Å². The van der Waals surface area contributed by atoms with Crippen molar-refractivity contribution in [1.29, 1.82) is 0 Å². The summed E-state index contributed by atoms with van der Waals surface area (Å²) in [5.41, 5.74) is -0.0914. The maximum absolute atomic E-state index is 13.6. The fourth-order valence-electron chi connectivity index (χ4n) is 6.00. The Hall–Kier alpha value is -2.67. The smallest absolute Gasteiger partial charge is 0.338 e. The minimum Gasteiger partial charge on any atom is -0.461 e. The molecule has 3 saturated heterocycles.